The Morgan fingerprint density at radius 2 is 2.16 bits per heavy atom. The summed E-state index contributed by atoms with van der Waals surface area (Å²) in [5.74, 6) is 2.02. The van der Waals surface area contributed by atoms with Crippen molar-refractivity contribution in [2.45, 2.75) is 46.7 Å². The summed E-state index contributed by atoms with van der Waals surface area (Å²) in [5, 5.41) is 6.58. The van der Waals surface area contributed by atoms with E-state index in [-0.39, 0.29) is 24.0 Å². The molecular weight excluding hydrogens is 447 g/mol. The van der Waals surface area contributed by atoms with E-state index in [0.717, 1.165) is 61.5 Å². The first-order valence-corrected chi connectivity index (χ1v) is 9.36. The second-order valence-corrected chi connectivity index (χ2v) is 6.89. The minimum Gasteiger partial charge on any atom is -0.357 e. The van der Waals surface area contributed by atoms with E-state index in [9.17, 15) is 0 Å². The van der Waals surface area contributed by atoms with E-state index in [0.29, 0.717) is 0 Å². The second-order valence-electron chi connectivity index (χ2n) is 5.82. The fourth-order valence-corrected chi connectivity index (χ4v) is 3.09. The van der Waals surface area contributed by atoms with Gasteiger partial charge in [0.25, 0.3) is 0 Å². The smallest absolute Gasteiger partial charge is 0.194 e. The molecule has 0 unspecified atom stereocenters. The molecule has 0 radical (unpaired) electrons. The van der Waals surface area contributed by atoms with Crippen molar-refractivity contribution in [1.29, 1.82) is 0 Å². The van der Waals surface area contributed by atoms with Crippen molar-refractivity contribution < 1.29 is 0 Å². The number of aliphatic imine (C=N–C) groups is 1. The maximum Gasteiger partial charge on any atom is 0.194 e. The fraction of sp³-hybridized carbons (Fsp3) is 0.588. The molecule has 2 heterocycles. The van der Waals surface area contributed by atoms with E-state index in [1.165, 1.54) is 0 Å². The summed E-state index contributed by atoms with van der Waals surface area (Å²) in [6.07, 6.45) is 6.06. The molecule has 0 aliphatic rings. The van der Waals surface area contributed by atoms with Gasteiger partial charge in [0, 0.05) is 44.5 Å². The van der Waals surface area contributed by atoms with Crippen LogP contribution in [-0.4, -0.2) is 45.5 Å². The number of hydrogen-bond acceptors (Lipinski definition) is 4. The second kappa shape index (κ2) is 11.5. The van der Waals surface area contributed by atoms with E-state index >= 15 is 0 Å². The summed E-state index contributed by atoms with van der Waals surface area (Å²) in [5.41, 5.74) is 1.10. The number of nitrogens with zero attached hydrogens (tertiary/aromatic N) is 5. The lowest BCUT2D eigenvalue weighted by Gasteiger charge is -2.21. The monoisotopic (exact) mass is 476 g/mol. The highest BCUT2D eigenvalue weighted by Gasteiger charge is 2.08. The van der Waals surface area contributed by atoms with Crippen molar-refractivity contribution >= 4 is 41.3 Å². The normalized spacial score (nSPS) is 11.3. The summed E-state index contributed by atoms with van der Waals surface area (Å²) >= 11 is 1.69. The molecule has 2 aromatic rings. The number of nitrogens with one attached hydrogen (secondary N) is 1. The van der Waals surface area contributed by atoms with Crippen LogP contribution in [0.2, 0.25) is 0 Å². The Balaban J connectivity index is 0.00000312. The molecule has 0 saturated carbocycles. The number of thiazole rings is 1. The van der Waals surface area contributed by atoms with Crippen LogP contribution in [0.1, 0.15) is 36.3 Å². The lowest BCUT2D eigenvalue weighted by Crippen LogP contribution is -2.38. The van der Waals surface area contributed by atoms with Gasteiger partial charge in [0.05, 0.1) is 17.2 Å². The molecule has 0 atom stereocenters. The van der Waals surface area contributed by atoms with Gasteiger partial charge in [-0.1, -0.05) is 0 Å². The Morgan fingerprint density at radius 3 is 2.76 bits per heavy atom. The molecule has 0 aromatic carbocycles. The first-order valence-electron chi connectivity index (χ1n) is 8.48. The first kappa shape index (κ1) is 21.9. The van der Waals surface area contributed by atoms with Gasteiger partial charge >= 0.3 is 0 Å². The Hall–Kier alpha value is -1.16. The molecule has 0 saturated heterocycles. The van der Waals surface area contributed by atoms with Crippen LogP contribution in [0.25, 0.3) is 0 Å². The molecule has 0 aliphatic carbocycles. The van der Waals surface area contributed by atoms with Crippen LogP contribution in [0.4, 0.5) is 0 Å². The third-order valence-corrected chi connectivity index (χ3v) is 4.58. The summed E-state index contributed by atoms with van der Waals surface area (Å²) in [6.45, 7) is 9.66. The molecule has 6 nitrogen and oxygen atoms in total. The molecule has 25 heavy (non-hydrogen) atoms. The quantitative estimate of drug-likeness (QED) is 0.275. The Labute approximate surface area is 171 Å². The molecule has 140 valence electrons. The SMILES string of the molecule is CCNC(=NCCCCn1ccnc1C)N(C)Cc1csc(C)n1.I. The number of rotatable bonds is 8. The third-order valence-electron chi connectivity index (χ3n) is 3.75. The summed E-state index contributed by atoms with van der Waals surface area (Å²) < 4.78 is 2.19. The molecule has 0 amide bonds. The minimum atomic E-state index is 0. The van der Waals surface area contributed by atoms with Crippen LogP contribution < -0.4 is 5.32 Å². The van der Waals surface area contributed by atoms with Crippen molar-refractivity contribution in [3.8, 4) is 0 Å². The first-order chi connectivity index (χ1) is 11.6. The summed E-state index contributed by atoms with van der Waals surface area (Å²) in [6, 6.07) is 0. The molecule has 2 rings (SSSR count). The zero-order chi connectivity index (χ0) is 17.4. The van der Waals surface area contributed by atoms with E-state index in [1.54, 1.807) is 11.3 Å². The van der Waals surface area contributed by atoms with E-state index in [4.69, 9.17) is 4.99 Å². The molecule has 0 fully saturated rings. The van der Waals surface area contributed by atoms with Gasteiger partial charge < -0.3 is 14.8 Å². The molecule has 1 N–H and O–H groups in total. The zero-order valence-electron chi connectivity index (χ0n) is 15.5. The van der Waals surface area contributed by atoms with E-state index < -0.39 is 0 Å². The van der Waals surface area contributed by atoms with Gasteiger partial charge in [-0.05, 0) is 33.6 Å². The van der Waals surface area contributed by atoms with Crippen molar-refractivity contribution in [3.05, 3.63) is 34.3 Å². The van der Waals surface area contributed by atoms with Crippen LogP contribution in [0.5, 0.6) is 0 Å². The van der Waals surface area contributed by atoms with Crippen molar-refractivity contribution in [3.63, 3.8) is 0 Å². The number of halogens is 1. The lowest BCUT2D eigenvalue weighted by atomic mass is 10.3. The number of unbranched alkanes of at least 4 members (excludes halogenated alkanes) is 1. The lowest BCUT2D eigenvalue weighted by molar-refractivity contribution is 0.469. The number of aromatic nitrogens is 3. The average Bonchev–Trinajstić information content (AvgIpc) is 3.14. The van der Waals surface area contributed by atoms with Gasteiger partial charge in [0.1, 0.15) is 5.82 Å². The van der Waals surface area contributed by atoms with Gasteiger partial charge in [0.15, 0.2) is 5.96 Å². The van der Waals surface area contributed by atoms with Gasteiger partial charge in [0.2, 0.25) is 0 Å². The molecule has 0 spiro atoms. The standard InChI is InChI=1S/C17H28N6S.HI/c1-5-18-17(22(4)12-16-13-24-15(3)21-16)20-8-6-7-10-23-11-9-19-14(23)2;/h9,11,13H,5-8,10,12H2,1-4H3,(H,18,20);1H. The number of imidazole rings is 1. The van der Waals surface area contributed by atoms with Crippen molar-refractivity contribution in [1.82, 2.24) is 24.8 Å². The average molecular weight is 476 g/mol. The highest BCUT2D eigenvalue weighted by Crippen LogP contribution is 2.10. The predicted molar refractivity (Wildman–Crippen MR) is 116 cm³/mol. The van der Waals surface area contributed by atoms with Crippen molar-refractivity contribution in [2.24, 2.45) is 4.99 Å². The van der Waals surface area contributed by atoms with Crippen LogP contribution in [0, 0.1) is 13.8 Å². The van der Waals surface area contributed by atoms with Crippen LogP contribution in [-0.2, 0) is 13.1 Å². The number of guanidine groups is 1. The molecular formula is C17H29IN6S. The van der Waals surface area contributed by atoms with E-state index in [1.807, 2.05) is 26.2 Å². The maximum absolute atomic E-state index is 4.74. The Bertz CT molecular complexity index is 651. The van der Waals surface area contributed by atoms with Crippen molar-refractivity contribution in [2.75, 3.05) is 20.1 Å². The number of aryl methyl sites for hydroxylation is 3. The summed E-state index contributed by atoms with van der Waals surface area (Å²) in [4.78, 5) is 15.6. The highest BCUT2D eigenvalue weighted by molar-refractivity contribution is 14.0. The van der Waals surface area contributed by atoms with Gasteiger partial charge in [-0.15, -0.1) is 35.3 Å². The molecule has 2 aromatic heterocycles. The highest BCUT2D eigenvalue weighted by atomic mass is 127. The molecule has 0 bridgehead atoms. The zero-order valence-corrected chi connectivity index (χ0v) is 18.7. The largest absolute Gasteiger partial charge is 0.357 e. The molecule has 0 aliphatic heterocycles. The minimum absolute atomic E-state index is 0. The van der Waals surface area contributed by atoms with Gasteiger partial charge in [-0.2, -0.15) is 0 Å². The third kappa shape index (κ3) is 7.31. The van der Waals surface area contributed by atoms with E-state index in [2.05, 4.69) is 44.1 Å². The van der Waals surface area contributed by atoms with Crippen LogP contribution in [0.3, 0.4) is 0 Å². The topological polar surface area (TPSA) is 58.3 Å². The van der Waals surface area contributed by atoms with Crippen LogP contribution >= 0.6 is 35.3 Å². The molecule has 8 heteroatoms. The summed E-state index contributed by atoms with van der Waals surface area (Å²) in [7, 11) is 2.06. The fourth-order valence-electron chi connectivity index (χ4n) is 2.49. The van der Waals surface area contributed by atoms with Crippen LogP contribution in [0.15, 0.2) is 22.8 Å². The number of hydrogen-bond donors (Lipinski definition) is 1. The Morgan fingerprint density at radius 1 is 1.36 bits per heavy atom. The van der Waals surface area contributed by atoms with Gasteiger partial charge in [-0.25, -0.2) is 9.97 Å². The Kier molecular flexibility index (Phi) is 10.0. The van der Waals surface area contributed by atoms with Gasteiger partial charge in [-0.3, -0.25) is 4.99 Å². The maximum atomic E-state index is 4.74. The predicted octanol–water partition coefficient (Wildman–Crippen LogP) is 3.45.